The van der Waals surface area contributed by atoms with Crippen molar-refractivity contribution in [2.75, 3.05) is 11.9 Å². The molecule has 0 bridgehead atoms. The van der Waals surface area contributed by atoms with Crippen molar-refractivity contribution in [2.24, 2.45) is 5.73 Å². The van der Waals surface area contributed by atoms with Crippen LogP contribution in [0.5, 0.6) is 0 Å². The number of anilines is 1. The van der Waals surface area contributed by atoms with E-state index in [-0.39, 0.29) is 5.91 Å². The van der Waals surface area contributed by atoms with E-state index in [1.807, 2.05) is 5.38 Å². The Morgan fingerprint density at radius 3 is 2.96 bits per heavy atom. The van der Waals surface area contributed by atoms with Crippen molar-refractivity contribution in [1.29, 1.82) is 0 Å². The van der Waals surface area contributed by atoms with Gasteiger partial charge in [-0.1, -0.05) is 29.9 Å². The Morgan fingerprint density at radius 1 is 1.38 bits per heavy atom. The number of carbonyl (C=O) groups excluding carboxylic acids is 1. The van der Waals surface area contributed by atoms with Gasteiger partial charge in [0.1, 0.15) is 0 Å². The fourth-order valence-corrected chi connectivity index (χ4v) is 3.20. The maximum absolute atomic E-state index is 11.0. The highest BCUT2D eigenvalue weighted by Crippen LogP contribution is 2.21. The van der Waals surface area contributed by atoms with Crippen molar-refractivity contribution in [3.63, 3.8) is 0 Å². The molecule has 128 valence electrons. The molecule has 1 aromatic heterocycles. The van der Waals surface area contributed by atoms with Gasteiger partial charge in [0.2, 0.25) is 5.91 Å². The third kappa shape index (κ3) is 6.64. The molecule has 1 aliphatic carbocycles. The fourth-order valence-electron chi connectivity index (χ4n) is 2.31. The molecular formula is C17H22N4OS2. The number of aromatic nitrogens is 1. The van der Waals surface area contributed by atoms with E-state index >= 15 is 0 Å². The van der Waals surface area contributed by atoms with Gasteiger partial charge in [0.15, 0.2) is 10.2 Å². The maximum atomic E-state index is 11.0. The first kappa shape index (κ1) is 18.4. The van der Waals surface area contributed by atoms with Gasteiger partial charge < -0.3 is 16.4 Å². The predicted octanol–water partition coefficient (Wildman–Crippen LogP) is 3.07. The number of aryl methyl sites for hydroxylation is 1. The van der Waals surface area contributed by atoms with Crippen LogP contribution in [0.25, 0.3) is 0 Å². The molecular weight excluding hydrogens is 340 g/mol. The lowest BCUT2D eigenvalue weighted by Gasteiger charge is -2.03. The molecule has 2 rings (SSSR count). The van der Waals surface area contributed by atoms with Crippen LogP contribution in [0.1, 0.15) is 31.9 Å². The summed E-state index contributed by atoms with van der Waals surface area (Å²) < 4.78 is 0. The van der Waals surface area contributed by atoms with Gasteiger partial charge in [0.25, 0.3) is 0 Å². The van der Waals surface area contributed by atoms with E-state index in [2.05, 4.69) is 39.9 Å². The zero-order chi connectivity index (χ0) is 17.4. The zero-order valence-corrected chi connectivity index (χ0v) is 15.3. The summed E-state index contributed by atoms with van der Waals surface area (Å²) in [5.41, 5.74) is 9.08. The smallest absolute Gasteiger partial charge is 0.223 e. The van der Waals surface area contributed by atoms with Gasteiger partial charge in [-0.15, -0.1) is 11.3 Å². The van der Waals surface area contributed by atoms with Gasteiger partial charge in [-0.25, -0.2) is 4.98 Å². The minimum absolute atomic E-state index is 0.0879. The summed E-state index contributed by atoms with van der Waals surface area (Å²) in [4.78, 5) is 15.4. The number of hydrogen-bond acceptors (Lipinski definition) is 4. The third-order valence-electron chi connectivity index (χ3n) is 3.49. The van der Waals surface area contributed by atoms with Crippen molar-refractivity contribution < 1.29 is 4.79 Å². The quantitative estimate of drug-likeness (QED) is 0.650. The number of amides is 1. The van der Waals surface area contributed by atoms with Crippen LogP contribution in [0.2, 0.25) is 0 Å². The van der Waals surface area contributed by atoms with Crippen LogP contribution in [0, 0.1) is 0 Å². The first-order valence-electron chi connectivity index (χ1n) is 7.83. The highest BCUT2D eigenvalue weighted by atomic mass is 32.1. The van der Waals surface area contributed by atoms with Gasteiger partial charge in [-0.3, -0.25) is 4.79 Å². The highest BCUT2D eigenvalue weighted by molar-refractivity contribution is 7.80. The molecule has 1 heterocycles. The normalized spacial score (nSPS) is 13.7. The lowest BCUT2D eigenvalue weighted by atomic mass is 10.1. The Labute approximate surface area is 151 Å². The van der Waals surface area contributed by atoms with E-state index in [9.17, 15) is 4.79 Å². The lowest BCUT2D eigenvalue weighted by molar-refractivity contribution is -0.114. The Bertz CT molecular complexity index is 689. The van der Waals surface area contributed by atoms with Gasteiger partial charge in [-0.05, 0) is 43.5 Å². The SMILES string of the molecule is CC(=O)Nc1nc(CCC2=CC=C(CCNC(N)=S)C=CC2)cs1. The summed E-state index contributed by atoms with van der Waals surface area (Å²) in [6.07, 6.45) is 12.4. The molecule has 1 aromatic rings. The molecule has 0 unspecified atom stereocenters. The van der Waals surface area contributed by atoms with E-state index in [1.54, 1.807) is 0 Å². The van der Waals surface area contributed by atoms with Crippen molar-refractivity contribution in [1.82, 2.24) is 10.3 Å². The molecule has 24 heavy (non-hydrogen) atoms. The van der Waals surface area contributed by atoms with E-state index in [0.29, 0.717) is 10.2 Å². The number of thiazole rings is 1. The number of nitrogens with zero attached hydrogens (tertiary/aromatic N) is 1. The average molecular weight is 363 g/mol. The van der Waals surface area contributed by atoms with Crippen LogP contribution in [0.15, 0.2) is 40.8 Å². The second-order valence-corrected chi connectivity index (χ2v) is 6.84. The second-order valence-electron chi connectivity index (χ2n) is 5.54. The van der Waals surface area contributed by atoms with E-state index in [1.165, 1.54) is 29.4 Å². The predicted molar refractivity (Wildman–Crippen MR) is 104 cm³/mol. The van der Waals surface area contributed by atoms with Crippen LogP contribution < -0.4 is 16.4 Å². The van der Waals surface area contributed by atoms with Gasteiger partial charge in [-0.2, -0.15) is 0 Å². The first-order chi connectivity index (χ1) is 11.5. The van der Waals surface area contributed by atoms with Crippen LogP contribution in [-0.4, -0.2) is 22.5 Å². The molecule has 1 aliphatic rings. The molecule has 0 radical (unpaired) electrons. The molecule has 0 aromatic carbocycles. The minimum atomic E-state index is -0.0879. The monoisotopic (exact) mass is 362 g/mol. The first-order valence-corrected chi connectivity index (χ1v) is 9.12. The Hall–Kier alpha value is -1.99. The molecule has 7 heteroatoms. The molecule has 1 amide bonds. The number of rotatable bonds is 7. The highest BCUT2D eigenvalue weighted by Gasteiger charge is 2.06. The van der Waals surface area contributed by atoms with Gasteiger partial charge in [0.05, 0.1) is 5.69 Å². The number of nitrogens with one attached hydrogen (secondary N) is 2. The summed E-state index contributed by atoms with van der Waals surface area (Å²) in [5.74, 6) is -0.0879. The van der Waals surface area contributed by atoms with Gasteiger partial charge >= 0.3 is 0 Å². The number of hydrogen-bond donors (Lipinski definition) is 3. The zero-order valence-electron chi connectivity index (χ0n) is 13.7. The van der Waals surface area contributed by atoms with Crippen LogP contribution >= 0.6 is 23.6 Å². The third-order valence-corrected chi connectivity index (χ3v) is 4.45. The van der Waals surface area contributed by atoms with E-state index in [4.69, 9.17) is 18.0 Å². The summed E-state index contributed by atoms with van der Waals surface area (Å²) in [7, 11) is 0. The molecule has 4 N–H and O–H groups in total. The Balaban J connectivity index is 1.84. The van der Waals surface area contributed by atoms with Gasteiger partial charge in [0, 0.05) is 18.8 Å². The van der Waals surface area contributed by atoms with E-state index < -0.39 is 0 Å². The fraction of sp³-hybridized carbons (Fsp3) is 0.353. The molecule has 0 saturated heterocycles. The van der Waals surface area contributed by atoms with Crippen molar-refractivity contribution in [3.8, 4) is 0 Å². The lowest BCUT2D eigenvalue weighted by Crippen LogP contribution is -2.29. The van der Waals surface area contributed by atoms with Crippen molar-refractivity contribution >= 4 is 39.7 Å². The summed E-state index contributed by atoms with van der Waals surface area (Å²) >= 11 is 6.27. The largest absolute Gasteiger partial charge is 0.376 e. The summed E-state index contributed by atoms with van der Waals surface area (Å²) in [6, 6.07) is 0. The van der Waals surface area contributed by atoms with E-state index in [0.717, 1.165) is 37.9 Å². The molecule has 0 aliphatic heterocycles. The standard InChI is InChI=1S/C17H22N4OS2/c1-12(22)20-17-21-15(11-24-17)8-7-13-3-2-4-14(6-5-13)9-10-19-16(18)23/h2,4-6,11H,3,7-10H2,1H3,(H3,18,19,23)(H,20,21,22). The number of carbonyl (C=O) groups is 1. The second kappa shape index (κ2) is 9.34. The van der Waals surface area contributed by atoms with Crippen LogP contribution in [0.4, 0.5) is 5.13 Å². The maximum Gasteiger partial charge on any atom is 0.223 e. The molecule has 0 spiro atoms. The molecule has 5 nitrogen and oxygen atoms in total. The number of thiocarbonyl (C=S) groups is 1. The van der Waals surface area contributed by atoms with Crippen LogP contribution in [-0.2, 0) is 11.2 Å². The van der Waals surface area contributed by atoms with Crippen molar-refractivity contribution in [2.45, 2.75) is 32.6 Å². The summed E-state index contributed by atoms with van der Waals surface area (Å²) in [5, 5.41) is 8.69. The van der Waals surface area contributed by atoms with Crippen molar-refractivity contribution in [3.05, 3.63) is 46.5 Å². The minimum Gasteiger partial charge on any atom is -0.376 e. The number of nitrogens with two attached hydrogens (primary N) is 1. The summed E-state index contributed by atoms with van der Waals surface area (Å²) in [6.45, 7) is 2.24. The Kier molecular flexibility index (Phi) is 7.14. The topological polar surface area (TPSA) is 80.0 Å². The average Bonchev–Trinajstić information content (AvgIpc) is 2.82. The molecule has 0 fully saturated rings. The molecule has 0 saturated carbocycles. The molecule has 0 atom stereocenters. The van der Waals surface area contributed by atoms with Crippen LogP contribution in [0.3, 0.4) is 0 Å². The number of allylic oxidation sites excluding steroid dienone is 5. The Morgan fingerprint density at radius 2 is 2.21 bits per heavy atom.